The summed E-state index contributed by atoms with van der Waals surface area (Å²) in [5.74, 6) is 2.44. The van der Waals surface area contributed by atoms with E-state index in [1.807, 2.05) is 7.05 Å². The van der Waals surface area contributed by atoms with Crippen molar-refractivity contribution in [3.63, 3.8) is 0 Å². The molecule has 112 valence electrons. The van der Waals surface area contributed by atoms with E-state index in [0.29, 0.717) is 18.0 Å². The lowest BCUT2D eigenvalue weighted by molar-refractivity contribution is 0.169. The molecule has 0 spiro atoms. The molecule has 1 saturated heterocycles. The minimum absolute atomic E-state index is 0.402. The molecule has 0 aromatic carbocycles. The van der Waals surface area contributed by atoms with Gasteiger partial charge in [0.05, 0.1) is 0 Å². The van der Waals surface area contributed by atoms with Gasteiger partial charge < -0.3 is 10.2 Å². The molecule has 1 aliphatic heterocycles. The normalized spacial score (nSPS) is 24.2. The second-order valence-corrected chi connectivity index (χ2v) is 6.13. The first-order valence-corrected chi connectivity index (χ1v) is 7.45. The van der Waals surface area contributed by atoms with Crippen LogP contribution in [0.2, 0.25) is 0 Å². The molecule has 5 heteroatoms. The summed E-state index contributed by atoms with van der Waals surface area (Å²) in [6.07, 6.45) is 1.67. The molecule has 0 amide bonds. The molecule has 0 aliphatic carbocycles. The van der Waals surface area contributed by atoms with E-state index in [1.165, 1.54) is 5.56 Å². The third-order valence-corrected chi connectivity index (χ3v) is 4.34. The van der Waals surface area contributed by atoms with Gasteiger partial charge in [-0.1, -0.05) is 13.8 Å². The van der Waals surface area contributed by atoms with Crippen molar-refractivity contribution in [2.75, 3.05) is 37.4 Å². The van der Waals surface area contributed by atoms with Crippen LogP contribution in [0.25, 0.3) is 0 Å². The van der Waals surface area contributed by atoms with Crippen molar-refractivity contribution in [3.05, 3.63) is 11.9 Å². The van der Waals surface area contributed by atoms with Gasteiger partial charge in [-0.05, 0) is 26.8 Å². The number of hydrogen-bond donors (Lipinski definition) is 1. The topological polar surface area (TPSA) is 44.3 Å². The van der Waals surface area contributed by atoms with Crippen molar-refractivity contribution >= 4 is 11.6 Å². The second kappa shape index (κ2) is 5.95. The van der Waals surface area contributed by atoms with E-state index in [-0.39, 0.29) is 0 Å². The molecule has 1 aromatic heterocycles. The number of aromatic nitrogens is 2. The van der Waals surface area contributed by atoms with Gasteiger partial charge in [0.15, 0.2) is 0 Å². The van der Waals surface area contributed by atoms with Crippen LogP contribution in [-0.4, -0.2) is 54.1 Å². The van der Waals surface area contributed by atoms with Crippen LogP contribution in [0, 0.1) is 0 Å². The van der Waals surface area contributed by atoms with E-state index >= 15 is 0 Å². The summed E-state index contributed by atoms with van der Waals surface area (Å²) in [5, 5.41) is 3.20. The molecule has 2 atom stereocenters. The SMILES string of the molecule is CNc1ncnc(N2CC(C)N(C)C(C)C2)c1C(C)C. The highest BCUT2D eigenvalue weighted by Gasteiger charge is 2.29. The van der Waals surface area contributed by atoms with E-state index in [4.69, 9.17) is 0 Å². The fourth-order valence-corrected chi connectivity index (χ4v) is 2.95. The number of rotatable bonds is 3. The predicted octanol–water partition coefficient (Wildman–Crippen LogP) is 2.17. The van der Waals surface area contributed by atoms with Crippen LogP contribution in [-0.2, 0) is 0 Å². The predicted molar refractivity (Wildman–Crippen MR) is 84.6 cm³/mol. The number of piperazine rings is 1. The van der Waals surface area contributed by atoms with Gasteiger partial charge in [-0.3, -0.25) is 4.90 Å². The lowest BCUT2D eigenvalue weighted by Gasteiger charge is -2.43. The van der Waals surface area contributed by atoms with Crippen LogP contribution in [0.4, 0.5) is 11.6 Å². The van der Waals surface area contributed by atoms with Gasteiger partial charge in [-0.25, -0.2) is 9.97 Å². The summed E-state index contributed by atoms with van der Waals surface area (Å²) < 4.78 is 0. The summed E-state index contributed by atoms with van der Waals surface area (Å²) in [5.41, 5.74) is 1.22. The Labute approximate surface area is 122 Å². The molecule has 2 unspecified atom stereocenters. The highest BCUT2D eigenvalue weighted by molar-refractivity contribution is 5.60. The van der Waals surface area contributed by atoms with E-state index in [0.717, 1.165) is 24.7 Å². The first kappa shape index (κ1) is 15.0. The van der Waals surface area contributed by atoms with Gasteiger partial charge in [0.25, 0.3) is 0 Å². The third-order valence-electron chi connectivity index (χ3n) is 4.34. The number of anilines is 2. The van der Waals surface area contributed by atoms with Gasteiger partial charge in [0.1, 0.15) is 18.0 Å². The Bertz CT molecular complexity index is 448. The lowest BCUT2D eigenvalue weighted by Crippen LogP contribution is -2.55. The fourth-order valence-electron chi connectivity index (χ4n) is 2.95. The highest BCUT2D eigenvalue weighted by atomic mass is 15.3. The molecule has 0 bridgehead atoms. The van der Waals surface area contributed by atoms with Gasteiger partial charge in [0, 0.05) is 37.8 Å². The molecule has 2 rings (SSSR count). The zero-order valence-corrected chi connectivity index (χ0v) is 13.5. The minimum atomic E-state index is 0.402. The maximum Gasteiger partial charge on any atom is 0.137 e. The van der Waals surface area contributed by atoms with Crippen molar-refractivity contribution in [1.82, 2.24) is 14.9 Å². The van der Waals surface area contributed by atoms with Crippen LogP contribution in [0.5, 0.6) is 0 Å². The number of nitrogens with one attached hydrogen (secondary N) is 1. The standard InChI is InChI=1S/C15H27N5/c1-10(2)13-14(16-5)17-9-18-15(13)20-7-11(3)19(6)12(4)8-20/h9-12H,7-8H2,1-6H3,(H,16,17,18). The summed E-state index contributed by atoms with van der Waals surface area (Å²) in [6.45, 7) is 11.0. The van der Waals surface area contributed by atoms with Gasteiger partial charge in [-0.15, -0.1) is 0 Å². The summed E-state index contributed by atoms with van der Waals surface area (Å²) in [7, 11) is 4.13. The Hall–Kier alpha value is -1.36. The Morgan fingerprint density at radius 2 is 1.80 bits per heavy atom. The molecule has 1 fully saturated rings. The van der Waals surface area contributed by atoms with E-state index in [9.17, 15) is 0 Å². The van der Waals surface area contributed by atoms with Crippen molar-refractivity contribution in [1.29, 1.82) is 0 Å². The average Bonchev–Trinajstić information content (AvgIpc) is 2.43. The van der Waals surface area contributed by atoms with Crippen molar-refractivity contribution in [3.8, 4) is 0 Å². The van der Waals surface area contributed by atoms with Crippen LogP contribution >= 0.6 is 0 Å². The van der Waals surface area contributed by atoms with Gasteiger partial charge >= 0.3 is 0 Å². The number of nitrogens with zero attached hydrogens (tertiary/aromatic N) is 4. The number of likely N-dealkylation sites (N-methyl/N-ethyl adjacent to an activating group) is 1. The largest absolute Gasteiger partial charge is 0.373 e. The zero-order valence-electron chi connectivity index (χ0n) is 13.5. The smallest absolute Gasteiger partial charge is 0.137 e. The van der Waals surface area contributed by atoms with Crippen LogP contribution in [0.3, 0.4) is 0 Å². The van der Waals surface area contributed by atoms with Crippen molar-refractivity contribution < 1.29 is 0 Å². The first-order chi connectivity index (χ1) is 9.45. The maximum absolute atomic E-state index is 4.58. The Balaban J connectivity index is 2.37. The van der Waals surface area contributed by atoms with Gasteiger partial charge in [-0.2, -0.15) is 0 Å². The maximum atomic E-state index is 4.58. The molecule has 0 radical (unpaired) electrons. The zero-order chi connectivity index (χ0) is 14.9. The monoisotopic (exact) mass is 277 g/mol. The first-order valence-electron chi connectivity index (χ1n) is 7.45. The summed E-state index contributed by atoms with van der Waals surface area (Å²) in [4.78, 5) is 13.8. The molecule has 1 aliphatic rings. The number of hydrogen-bond acceptors (Lipinski definition) is 5. The molecule has 2 heterocycles. The van der Waals surface area contributed by atoms with Crippen LogP contribution in [0.1, 0.15) is 39.2 Å². The van der Waals surface area contributed by atoms with Crippen molar-refractivity contribution in [2.24, 2.45) is 0 Å². The molecule has 1 aromatic rings. The molecule has 20 heavy (non-hydrogen) atoms. The highest BCUT2D eigenvalue weighted by Crippen LogP contribution is 2.32. The average molecular weight is 277 g/mol. The van der Waals surface area contributed by atoms with E-state index in [1.54, 1.807) is 6.33 Å². The molecule has 1 N–H and O–H groups in total. The summed E-state index contributed by atoms with van der Waals surface area (Å²) in [6, 6.07) is 1.07. The molecular weight excluding hydrogens is 250 g/mol. The fraction of sp³-hybridized carbons (Fsp3) is 0.733. The molecular formula is C15H27N5. The third kappa shape index (κ3) is 2.73. The van der Waals surface area contributed by atoms with E-state index < -0.39 is 0 Å². The minimum Gasteiger partial charge on any atom is -0.373 e. The Morgan fingerprint density at radius 3 is 2.30 bits per heavy atom. The summed E-state index contributed by atoms with van der Waals surface area (Å²) >= 11 is 0. The Kier molecular flexibility index (Phi) is 4.48. The molecule has 5 nitrogen and oxygen atoms in total. The second-order valence-electron chi connectivity index (χ2n) is 6.13. The van der Waals surface area contributed by atoms with Crippen molar-refractivity contribution in [2.45, 2.75) is 45.7 Å². The lowest BCUT2D eigenvalue weighted by atomic mass is 10.0. The van der Waals surface area contributed by atoms with Crippen LogP contribution in [0.15, 0.2) is 6.33 Å². The molecule has 0 saturated carbocycles. The Morgan fingerprint density at radius 1 is 1.20 bits per heavy atom. The van der Waals surface area contributed by atoms with E-state index in [2.05, 4.69) is 59.8 Å². The van der Waals surface area contributed by atoms with Gasteiger partial charge in [0.2, 0.25) is 0 Å². The quantitative estimate of drug-likeness (QED) is 0.917. The van der Waals surface area contributed by atoms with Crippen LogP contribution < -0.4 is 10.2 Å².